The predicted molar refractivity (Wildman–Crippen MR) is 122 cm³/mol. The fraction of sp³-hybridized carbons (Fsp3) is 0.500. The van der Waals surface area contributed by atoms with Gasteiger partial charge in [-0.2, -0.15) is 0 Å². The van der Waals surface area contributed by atoms with E-state index >= 15 is 0 Å². The standard InChI is InChI=1S/C24H29N5O3/c1-15(2)28-14-18(9-23(28)31)24(32)26-19-6-7-21(25-10-19)27-11-16-8-17(13-27)20-4-3-5-22(30)29(20)12-16/h3-7,10,15-18H,8-9,11-14H2,1-2H3,(H,26,32)/t16-,17+,18-/m0/s1. The van der Waals surface area contributed by atoms with Gasteiger partial charge in [0.15, 0.2) is 0 Å². The predicted octanol–water partition coefficient (Wildman–Crippen LogP) is 2.06. The van der Waals surface area contributed by atoms with E-state index in [1.807, 2.05) is 36.6 Å². The normalized spacial score (nSPS) is 24.6. The molecule has 32 heavy (non-hydrogen) atoms. The Kier molecular flexibility index (Phi) is 5.23. The molecule has 3 aliphatic rings. The van der Waals surface area contributed by atoms with Crippen LogP contribution in [0.5, 0.6) is 0 Å². The third kappa shape index (κ3) is 3.78. The summed E-state index contributed by atoms with van der Waals surface area (Å²) in [4.78, 5) is 45.6. The van der Waals surface area contributed by atoms with Gasteiger partial charge >= 0.3 is 0 Å². The van der Waals surface area contributed by atoms with Crippen LogP contribution < -0.4 is 15.8 Å². The van der Waals surface area contributed by atoms with Crippen LogP contribution in [-0.4, -0.2) is 51.9 Å². The first-order valence-corrected chi connectivity index (χ1v) is 11.4. The summed E-state index contributed by atoms with van der Waals surface area (Å²) in [5, 5.41) is 2.92. The number of fused-ring (bicyclic) bond motifs is 4. The van der Waals surface area contributed by atoms with Crippen LogP contribution in [0.25, 0.3) is 0 Å². The fourth-order valence-corrected chi connectivity index (χ4v) is 5.38. The minimum absolute atomic E-state index is 0.0353. The van der Waals surface area contributed by atoms with Crippen LogP contribution in [-0.2, 0) is 16.1 Å². The quantitative estimate of drug-likeness (QED) is 0.794. The van der Waals surface area contributed by atoms with Gasteiger partial charge in [0.1, 0.15) is 5.82 Å². The number of pyridine rings is 2. The lowest BCUT2D eigenvalue weighted by molar-refractivity contribution is -0.129. The summed E-state index contributed by atoms with van der Waals surface area (Å²) in [5.74, 6) is 1.20. The highest BCUT2D eigenvalue weighted by molar-refractivity contribution is 5.97. The highest BCUT2D eigenvalue weighted by atomic mass is 16.2. The molecule has 2 fully saturated rings. The van der Waals surface area contributed by atoms with Crippen LogP contribution in [0.2, 0.25) is 0 Å². The molecule has 5 rings (SSSR count). The first kappa shape index (κ1) is 20.7. The van der Waals surface area contributed by atoms with E-state index in [0.29, 0.717) is 24.1 Å². The number of hydrogen-bond acceptors (Lipinski definition) is 5. The SMILES string of the molecule is CC(C)N1C[C@@H](C(=O)Nc2ccc(N3C[C@@H]4C[C@H](C3)c3cccc(=O)n3C4)nc2)CC1=O. The van der Waals surface area contributed by atoms with Gasteiger partial charge in [-0.05, 0) is 44.4 Å². The molecule has 2 amide bonds. The number of anilines is 2. The van der Waals surface area contributed by atoms with Crippen molar-refractivity contribution >= 4 is 23.3 Å². The molecular weight excluding hydrogens is 406 g/mol. The molecule has 0 unspecified atom stereocenters. The van der Waals surface area contributed by atoms with Crippen LogP contribution in [0.15, 0.2) is 41.3 Å². The third-order valence-electron chi connectivity index (χ3n) is 6.97. The first-order chi connectivity index (χ1) is 15.4. The number of likely N-dealkylation sites (tertiary alicyclic amines) is 1. The van der Waals surface area contributed by atoms with Crippen molar-refractivity contribution in [2.45, 2.75) is 45.2 Å². The zero-order valence-corrected chi connectivity index (χ0v) is 18.5. The molecule has 8 heteroatoms. The van der Waals surface area contributed by atoms with E-state index in [1.165, 1.54) is 0 Å². The van der Waals surface area contributed by atoms with Gasteiger partial charge in [-0.1, -0.05) is 6.07 Å². The highest BCUT2D eigenvalue weighted by Crippen LogP contribution is 2.36. The molecule has 2 aromatic rings. The second kappa shape index (κ2) is 8.07. The second-order valence-corrected chi connectivity index (χ2v) is 9.54. The molecule has 2 bridgehead atoms. The molecular formula is C24H29N5O3. The molecule has 0 spiro atoms. The number of piperidine rings is 1. The van der Waals surface area contributed by atoms with Crippen LogP contribution >= 0.6 is 0 Å². The van der Waals surface area contributed by atoms with E-state index < -0.39 is 0 Å². The number of rotatable bonds is 4. The molecule has 3 aliphatic heterocycles. The maximum atomic E-state index is 12.6. The topological polar surface area (TPSA) is 87.5 Å². The summed E-state index contributed by atoms with van der Waals surface area (Å²) in [7, 11) is 0. The van der Waals surface area contributed by atoms with Crippen molar-refractivity contribution in [2.24, 2.45) is 11.8 Å². The third-order valence-corrected chi connectivity index (χ3v) is 6.97. The van der Waals surface area contributed by atoms with Crippen molar-refractivity contribution in [1.29, 1.82) is 0 Å². The summed E-state index contributed by atoms with van der Waals surface area (Å²) < 4.78 is 1.93. The second-order valence-electron chi connectivity index (χ2n) is 9.54. The Morgan fingerprint density at radius 2 is 1.94 bits per heavy atom. The molecule has 1 N–H and O–H groups in total. The molecule has 2 saturated heterocycles. The van der Waals surface area contributed by atoms with E-state index in [1.54, 1.807) is 17.2 Å². The Labute approximate surface area is 187 Å². The van der Waals surface area contributed by atoms with Gasteiger partial charge in [0.2, 0.25) is 11.8 Å². The monoisotopic (exact) mass is 435 g/mol. The molecule has 3 atom stereocenters. The highest BCUT2D eigenvalue weighted by Gasteiger charge is 2.36. The molecule has 5 heterocycles. The number of nitrogens with zero attached hydrogens (tertiary/aromatic N) is 4. The number of hydrogen-bond donors (Lipinski definition) is 1. The average Bonchev–Trinajstić information content (AvgIpc) is 3.17. The molecule has 2 aromatic heterocycles. The van der Waals surface area contributed by atoms with E-state index in [4.69, 9.17) is 0 Å². The van der Waals surface area contributed by atoms with Gasteiger partial charge in [0, 0.05) is 56.3 Å². The summed E-state index contributed by atoms with van der Waals surface area (Å²) in [5.41, 5.74) is 1.84. The Balaban J connectivity index is 1.24. The van der Waals surface area contributed by atoms with E-state index in [9.17, 15) is 14.4 Å². The van der Waals surface area contributed by atoms with Gasteiger partial charge in [0.25, 0.3) is 5.56 Å². The minimum atomic E-state index is -0.325. The van der Waals surface area contributed by atoms with Crippen molar-refractivity contribution < 1.29 is 9.59 Å². The Hall–Kier alpha value is -3.16. The summed E-state index contributed by atoms with van der Waals surface area (Å²) in [6.45, 7) is 6.84. The lowest BCUT2D eigenvalue weighted by Gasteiger charge is -2.43. The zero-order valence-electron chi connectivity index (χ0n) is 18.5. The van der Waals surface area contributed by atoms with Crippen molar-refractivity contribution in [1.82, 2.24) is 14.5 Å². The van der Waals surface area contributed by atoms with Crippen molar-refractivity contribution in [3.8, 4) is 0 Å². The smallest absolute Gasteiger partial charge is 0.250 e. The van der Waals surface area contributed by atoms with Crippen LogP contribution in [0.4, 0.5) is 11.5 Å². The van der Waals surface area contributed by atoms with Gasteiger partial charge in [-0.15, -0.1) is 0 Å². The number of aromatic nitrogens is 2. The Morgan fingerprint density at radius 3 is 2.66 bits per heavy atom. The maximum absolute atomic E-state index is 12.6. The number of nitrogens with one attached hydrogen (secondary N) is 1. The van der Waals surface area contributed by atoms with Gasteiger partial charge < -0.3 is 19.7 Å². The van der Waals surface area contributed by atoms with Crippen molar-refractivity contribution in [2.75, 3.05) is 29.9 Å². The molecule has 0 saturated carbocycles. The van der Waals surface area contributed by atoms with Crippen LogP contribution in [0.3, 0.4) is 0 Å². The molecule has 0 aliphatic carbocycles. The number of carbonyl (C=O) groups is 2. The van der Waals surface area contributed by atoms with E-state index in [-0.39, 0.29) is 35.8 Å². The van der Waals surface area contributed by atoms with Gasteiger partial charge in [0.05, 0.1) is 17.8 Å². The summed E-state index contributed by atoms with van der Waals surface area (Å²) in [6.07, 6.45) is 3.05. The molecule has 168 valence electrons. The van der Waals surface area contributed by atoms with Crippen molar-refractivity contribution in [3.63, 3.8) is 0 Å². The average molecular weight is 436 g/mol. The van der Waals surface area contributed by atoms with E-state index in [0.717, 1.165) is 37.6 Å². The minimum Gasteiger partial charge on any atom is -0.356 e. The maximum Gasteiger partial charge on any atom is 0.250 e. The summed E-state index contributed by atoms with van der Waals surface area (Å²) in [6, 6.07) is 9.47. The Bertz CT molecular complexity index is 1090. The number of amides is 2. The molecule has 0 radical (unpaired) electrons. The first-order valence-electron chi connectivity index (χ1n) is 11.4. The Morgan fingerprint density at radius 1 is 1.09 bits per heavy atom. The molecule has 8 nitrogen and oxygen atoms in total. The van der Waals surface area contributed by atoms with Crippen LogP contribution in [0, 0.1) is 11.8 Å². The van der Waals surface area contributed by atoms with Gasteiger partial charge in [-0.3, -0.25) is 14.4 Å². The number of carbonyl (C=O) groups excluding carboxylic acids is 2. The van der Waals surface area contributed by atoms with Crippen molar-refractivity contribution in [3.05, 3.63) is 52.6 Å². The van der Waals surface area contributed by atoms with E-state index in [2.05, 4.69) is 21.3 Å². The zero-order chi connectivity index (χ0) is 22.4. The summed E-state index contributed by atoms with van der Waals surface area (Å²) >= 11 is 0. The lowest BCUT2D eigenvalue weighted by atomic mass is 9.83. The fourth-order valence-electron chi connectivity index (χ4n) is 5.38. The lowest BCUT2D eigenvalue weighted by Crippen LogP contribution is -2.47. The van der Waals surface area contributed by atoms with Crippen LogP contribution in [0.1, 0.15) is 38.3 Å². The molecule has 0 aromatic carbocycles. The van der Waals surface area contributed by atoms with Gasteiger partial charge in [-0.25, -0.2) is 4.98 Å². The largest absolute Gasteiger partial charge is 0.356 e.